The second-order valence-corrected chi connectivity index (χ2v) is 13.0. The molecule has 0 aromatic rings. The fourth-order valence-electron chi connectivity index (χ4n) is 4.86. The molecule has 2 rings (SSSR count). The van der Waals surface area contributed by atoms with E-state index in [2.05, 4.69) is 5.32 Å². The number of carbonyl (C=O) groups is 7. The SMILES string of the molecule is CC(=O)N[C@H]1[C@H](O[C@@H]2[C@@H](OC(=N)C(Cl)(Cl)Cl)O[C@H](COC(C)=O)[C@@H](OC(C)=O)[C@@H]2OC(C)=O)O[C@H](COC(C)=O)[C@@H](OC(C)=O)[C@@H]1OC(C)=O. The molecule has 2 aliphatic rings. The molecule has 2 fully saturated rings. The summed E-state index contributed by atoms with van der Waals surface area (Å²) < 4.78 is 53.0. The van der Waals surface area contributed by atoms with Gasteiger partial charge < -0.3 is 52.7 Å². The van der Waals surface area contributed by atoms with E-state index in [0.29, 0.717) is 0 Å². The van der Waals surface area contributed by atoms with Crippen LogP contribution in [0.5, 0.6) is 0 Å². The van der Waals surface area contributed by atoms with Gasteiger partial charge in [0.15, 0.2) is 36.8 Å². The van der Waals surface area contributed by atoms with Crippen LogP contribution in [0.4, 0.5) is 0 Å². The van der Waals surface area contributed by atoms with E-state index in [0.717, 1.165) is 48.5 Å². The molecule has 0 saturated carbocycles. The Kier molecular flexibility index (Phi) is 15.9. The Morgan fingerprint density at radius 1 is 0.580 bits per heavy atom. The van der Waals surface area contributed by atoms with Gasteiger partial charge in [0.25, 0.3) is 3.79 Å². The largest absolute Gasteiger partial charge is 0.463 e. The van der Waals surface area contributed by atoms with Gasteiger partial charge in [0.2, 0.25) is 18.1 Å². The molecule has 0 radical (unpaired) electrons. The maximum Gasteiger partial charge on any atom is 0.303 e. The Morgan fingerprint density at radius 2 is 0.980 bits per heavy atom. The molecule has 50 heavy (non-hydrogen) atoms. The van der Waals surface area contributed by atoms with Crippen molar-refractivity contribution in [3.8, 4) is 0 Å². The second-order valence-electron chi connectivity index (χ2n) is 10.8. The third-order valence-electron chi connectivity index (χ3n) is 6.50. The minimum absolute atomic E-state index is 0.607. The summed E-state index contributed by atoms with van der Waals surface area (Å²) in [5.74, 6) is -6.99. The number of hydrogen-bond donors (Lipinski definition) is 2. The van der Waals surface area contributed by atoms with E-state index in [9.17, 15) is 33.6 Å². The summed E-state index contributed by atoms with van der Waals surface area (Å²) in [6, 6.07) is -1.55. The lowest BCUT2D eigenvalue weighted by Gasteiger charge is -2.49. The van der Waals surface area contributed by atoms with E-state index in [-0.39, 0.29) is 0 Å². The third kappa shape index (κ3) is 13.0. The Bertz CT molecular complexity index is 1310. The summed E-state index contributed by atoms with van der Waals surface area (Å²) in [5, 5.41) is 10.7. The van der Waals surface area contributed by atoms with Gasteiger partial charge in [-0.2, -0.15) is 0 Å². The van der Waals surface area contributed by atoms with Crippen molar-refractivity contribution in [1.82, 2.24) is 5.32 Å². The fourth-order valence-corrected chi connectivity index (χ4v) is 4.99. The van der Waals surface area contributed by atoms with Crippen LogP contribution in [0.3, 0.4) is 0 Å². The number of rotatable bonds is 12. The highest BCUT2D eigenvalue weighted by Gasteiger charge is 2.57. The zero-order valence-corrected chi connectivity index (χ0v) is 30.0. The number of nitrogens with one attached hydrogen (secondary N) is 2. The Hall–Kier alpha value is -3.49. The summed E-state index contributed by atoms with van der Waals surface area (Å²) in [7, 11) is 0. The summed E-state index contributed by atoms with van der Waals surface area (Å²) in [5.41, 5.74) is 0. The van der Waals surface area contributed by atoms with Crippen LogP contribution >= 0.6 is 34.8 Å². The van der Waals surface area contributed by atoms with Crippen LogP contribution in [0.15, 0.2) is 0 Å². The van der Waals surface area contributed by atoms with Crippen molar-refractivity contribution in [2.45, 2.75) is 114 Å². The van der Waals surface area contributed by atoms with E-state index < -0.39 is 126 Å². The quantitative estimate of drug-likeness (QED) is 0.0902. The van der Waals surface area contributed by atoms with Crippen LogP contribution < -0.4 is 5.32 Å². The molecule has 22 heteroatoms. The highest BCUT2D eigenvalue weighted by Crippen LogP contribution is 2.36. The predicted octanol–water partition coefficient (Wildman–Crippen LogP) is 0.543. The van der Waals surface area contributed by atoms with E-state index in [1.165, 1.54) is 0 Å². The monoisotopic (exact) mass is 778 g/mol. The standard InChI is InChI=1S/C28H37Cl3N2O17/c1-10(34)33-19-22(45-15(6)39)20(43-13(4)37)17(8-41-11(2)35)47-25(19)49-24-23(46-16(7)40)21(44-14(5)38)18(9-42-12(3)36)48-26(24)50-27(32)28(29,30)31/h17-26,32H,8-9H2,1-7H3,(H,33,34)/t17-,18-,19-,20-,21-,22-,23+,24+,25+,26-/m1/s1. The second kappa shape index (κ2) is 18.7. The molecule has 19 nitrogen and oxygen atoms in total. The van der Waals surface area contributed by atoms with Crippen molar-refractivity contribution in [2.75, 3.05) is 13.2 Å². The molecule has 0 spiro atoms. The lowest BCUT2D eigenvalue weighted by atomic mass is 9.95. The molecule has 2 N–H and O–H groups in total. The first-order chi connectivity index (χ1) is 23.1. The number of carbonyl (C=O) groups excluding carboxylic acids is 7. The lowest BCUT2D eigenvalue weighted by Crippen LogP contribution is -2.69. The smallest absolute Gasteiger partial charge is 0.303 e. The van der Waals surface area contributed by atoms with Gasteiger partial charge in [-0.15, -0.1) is 0 Å². The maximum atomic E-state index is 12.5. The average Bonchev–Trinajstić information content (AvgIpc) is 2.95. The van der Waals surface area contributed by atoms with Crippen LogP contribution in [0.1, 0.15) is 48.5 Å². The normalized spacial score (nSPS) is 29.3. The minimum Gasteiger partial charge on any atom is -0.463 e. The number of hydrogen-bond acceptors (Lipinski definition) is 18. The van der Waals surface area contributed by atoms with Crippen LogP contribution in [0.2, 0.25) is 0 Å². The van der Waals surface area contributed by atoms with Crippen molar-refractivity contribution < 1.29 is 80.9 Å². The molecule has 0 aromatic carbocycles. The van der Waals surface area contributed by atoms with E-state index in [1.54, 1.807) is 0 Å². The number of esters is 6. The summed E-state index contributed by atoms with van der Waals surface area (Å²) in [6.45, 7) is 6.08. The molecule has 0 unspecified atom stereocenters. The molecule has 0 aliphatic carbocycles. The van der Waals surface area contributed by atoms with E-state index in [1.807, 2.05) is 0 Å². The first-order valence-corrected chi connectivity index (χ1v) is 15.8. The molecule has 282 valence electrons. The number of amides is 1. The van der Waals surface area contributed by atoms with Gasteiger partial charge in [0, 0.05) is 48.5 Å². The van der Waals surface area contributed by atoms with Crippen LogP contribution in [-0.2, 0) is 80.9 Å². The van der Waals surface area contributed by atoms with Crippen LogP contribution in [-0.4, -0.2) is 126 Å². The number of alkyl halides is 3. The Labute approximate surface area is 300 Å². The van der Waals surface area contributed by atoms with Gasteiger partial charge in [-0.25, -0.2) is 0 Å². The molecule has 1 amide bonds. The van der Waals surface area contributed by atoms with Gasteiger partial charge in [-0.05, 0) is 0 Å². The van der Waals surface area contributed by atoms with Crippen molar-refractivity contribution in [2.24, 2.45) is 0 Å². The van der Waals surface area contributed by atoms with Gasteiger partial charge in [0.1, 0.15) is 31.5 Å². The Morgan fingerprint density at radius 3 is 1.38 bits per heavy atom. The van der Waals surface area contributed by atoms with E-state index in [4.69, 9.17) is 87.6 Å². The molecular weight excluding hydrogens is 743 g/mol. The van der Waals surface area contributed by atoms with E-state index >= 15 is 0 Å². The van der Waals surface area contributed by atoms with Crippen molar-refractivity contribution in [3.63, 3.8) is 0 Å². The van der Waals surface area contributed by atoms with Crippen LogP contribution in [0.25, 0.3) is 0 Å². The Balaban J connectivity index is 2.79. The number of ether oxygens (including phenoxy) is 10. The van der Waals surface area contributed by atoms with Crippen molar-refractivity contribution in [1.29, 1.82) is 5.41 Å². The molecule has 10 atom stereocenters. The zero-order valence-electron chi connectivity index (χ0n) is 27.8. The highest BCUT2D eigenvalue weighted by atomic mass is 35.6. The van der Waals surface area contributed by atoms with Crippen molar-refractivity contribution in [3.05, 3.63) is 0 Å². The topological polar surface area (TPSA) is 248 Å². The maximum absolute atomic E-state index is 12.5. The third-order valence-corrected chi connectivity index (χ3v) is 7.02. The molecule has 0 bridgehead atoms. The molecule has 2 aliphatic heterocycles. The molecule has 0 aromatic heterocycles. The summed E-state index contributed by atoms with van der Waals surface area (Å²) in [4.78, 5) is 85.0. The first kappa shape index (κ1) is 42.7. The fraction of sp³-hybridized carbons (Fsp3) is 0.714. The van der Waals surface area contributed by atoms with Crippen LogP contribution in [0, 0.1) is 5.41 Å². The predicted molar refractivity (Wildman–Crippen MR) is 164 cm³/mol. The lowest BCUT2D eigenvalue weighted by molar-refractivity contribution is -0.347. The molecular formula is C28H37Cl3N2O17. The summed E-state index contributed by atoms with van der Waals surface area (Å²) in [6.07, 6.45) is -15.0. The highest BCUT2D eigenvalue weighted by molar-refractivity contribution is 6.76. The van der Waals surface area contributed by atoms with Gasteiger partial charge >= 0.3 is 35.8 Å². The first-order valence-electron chi connectivity index (χ1n) is 14.6. The minimum atomic E-state index is -2.49. The summed E-state index contributed by atoms with van der Waals surface area (Å²) >= 11 is 17.5. The van der Waals surface area contributed by atoms with Gasteiger partial charge in [-0.1, -0.05) is 34.8 Å². The zero-order chi connectivity index (χ0) is 38.1. The average molecular weight is 780 g/mol. The molecule has 2 saturated heterocycles. The molecule has 2 heterocycles. The number of halogens is 3. The van der Waals surface area contributed by atoms with Gasteiger partial charge in [0.05, 0.1) is 0 Å². The van der Waals surface area contributed by atoms with Crippen molar-refractivity contribution >= 4 is 82.4 Å². The van der Waals surface area contributed by atoms with Gasteiger partial charge in [-0.3, -0.25) is 39.0 Å².